The zero-order valence-corrected chi connectivity index (χ0v) is 7.75. The van der Waals surface area contributed by atoms with E-state index in [4.69, 9.17) is 4.74 Å². The molecule has 2 amide bonds. The summed E-state index contributed by atoms with van der Waals surface area (Å²) >= 11 is 0. The lowest BCUT2D eigenvalue weighted by atomic mass is 10.4. The van der Waals surface area contributed by atoms with Gasteiger partial charge in [0.15, 0.2) is 0 Å². The van der Waals surface area contributed by atoms with E-state index in [1.54, 1.807) is 16.8 Å². The van der Waals surface area contributed by atoms with Crippen LogP contribution in [0.15, 0.2) is 0 Å². The van der Waals surface area contributed by atoms with Gasteiger partial charge in [-0.3, -0.25) is 0 Å². The van der Waals surface area contributed by atoms with Crippen LogP contribution < -0.4 is 0 Å². The maximum atomic E-state index is 11.5. The fourth-order valence-corrected chi connectivity index (χ4v) is 1.12. The lowest BCUT2D eigenvalue weighted by Crippen LogP contribution is -2.45. The van der Waals surface area contributed by atoms with Crippen molar-refractivity contribution in [3.63, 3.8) is 0 Å². The second-order valence-electron chi connectivity index (χ2n) is 2.95. The summed E-state index contributed by atoms with van der Waals surface area (Å²) < 4.78 is 5.18. The normalized spacial score (nSPS) is 17.7. The Labute approximate surface area is 73.1 Å². The molecule has 1 heterocycles. The van der Waals surface area contributed by atoms with E-state index >= 15 is 0 Å². The van der Waals surface area contributed by atoms with Crippen molar-refractivity contribution in [3.05, 3.63) is 0 Å². The summed E-state index contributed by atoms with van der Waals surface area (Å²) in [7, 11) is 1.80. The van der Waals surface area contributed by atoms with Crippen molar-refractivity contribution in [2.24, 2.45) is 0 Å². The number of nitrogens with zero attached hydrogens (tertiary/aromatic N) is 2. The molecule has 0 bridgehead atoms. The quantitative estimate of drug-likeness (QED) is 0.584. The average molecular weight is 172 g/mol. The summed E-state index contributed by atoms with van der Waals surface area (Å²) in [5.41, 5.74) is 0. The fraction of sp³-hybridized carbons (Fsp3) is 0.875. The summed E-state index contributed by atoms with van der Waals surface area (Å²) in [5.74, 6) is 0. The van der Waals surface area contributed by atoms with Crippen LogP contribution in [0.3, 0.4) is 0 Å². The molecule has 0 radical (unpaired) electrons. The van der Waals surface area contributed by atoms with Crippen molar-refractivity contribution >= 4 is 6.03 Å². The number of rotatable bonds is 1. The van der Waals surface area contributed by atoms with Crippen LogP contribution in [0, 0.1) is 0 Å². The number of hydrogen-bond donors (Lipinski definition) is 0. The Balaban J connectivity index is 2.39. The number of carbonyl (C=O) groups is 1. The molecule has 0 N–H and O–H groups in total. The first-order chi connectivity index (χ1) is 5.75. The Morgan fingerprint density at radius 1 is 1.67 bits per heavy atom. The second kappa shape index (κ2) is 4.30. The van der Waals surface area contributed by atoms with Crippen molar-refractivity contribution in [2.45, 2.75) is 13.3 Å². The standard InChI is InChI=1S/C8H16N2O2/c1-3-9(2)8(11)10-5-4-6-12-7-10/h3-7H2,1-2H3. The molecule has 1 aliphatic rings. The van der Waals surface area contributed by atoms with Crippen molar-refractivity contribution in [1.29, 1.82) is 0 Å². The van der Waals surface area contributed by atoms with E-state index in [-0.39, 0.29) is 6.03 Å². The van der Waals surface area contributed by atoms with Crippen LogP contribution >= 0.6 is 0 Å². The Morgan fingerprint density at radius 2 is 2.42 bits per heavy atom. The van der Waals surface area contributed by atoms with Crippen LogP contribution in [0.1, 0.15) is 13.3 Å². The highest BCUT2D eigenvalue weighted by Gasteiger charge is 2.18. The fourth-order valence-electron chi connectivity index (χ4n) is 1.12. The monoisotopic (exact) mass is 172 g/mol. The van der Waals surface area contributed by atoms with Crippen molar-refractivity contribution in [2.75, 3.05) is 33.5 Å². The molecule has 0 unspecified atom stereocenters. The first kappa shape index (κ1) is 9.32. The summed E-state index contributed by atoms with van der Waals surface area (Å²) in [6.07, 6.45) is 0.948. The topological polar surface area (TPSA) is 32.8 Å². The Morgan fingerprint density at radius 3 is 2.92 bits per heavy atom. The van der Waals surface area contributed by atoms with E-state index in [0.29, 0.717) is 6.73 Å². The van der Waals surface area contributed by atoms with Gasteiger partial charge in [-0.05, 0) is 13.3 Å². The van der Waals surface area contributed by atoms with Crippen molar-refractivity contribution in [3.8, 4) is 0 Å². The lowest BCUT2D eigenvalue weighted by molar-refractivity contribution is 0.00172. The molecule has 0 aromatic carbocycles. The minimum Gasteiger partial charge on any atom is -0.361 e. The third-order valence-electron chi connectivity index (χ3n) is 2.04. The van der Waals surface area contributed by atoms with Gasteiger partial charge in [0.25, 0.3) is 0 Å². The maximum Gasteiger partial charge on any atom is 0.321 e. The smallest absolute Gasteiger partial charge is 0.321 e. The molecule has 0 saturated carbocycles. The number of carbonyl (C=O) groups excluding carboxylic acids is 1. The van der Waals surface area contributed by atoms with E-state index < -0.39 is 0 Å². The largest absolute Gasteiger partial charge is 0.361 e. The van der Waals surface area contributed by atoms with Crippen LogP contribution in [-0.4, -0.2) is 49.3 Å². The molecule has 1 aliphatic heterocycles. The van der Waals surface area contributed by atoms with E-state index in [0.717, 1.165) is 26.1 Å². The van der Waals surface area contributed by atoms with Gasteiger partial charge in [0, 0.05) is 20.1 Å². The minimum atomic E-state index is 0.0669. The second-order valence-corrected chi connectivity index (χ2v) is 2.95. The zero-order chi connectivity index (χ0) is 8.97. The summed E-state index contributed by atoms with van der Waals surface area (Å²) in [6, 6.07) is 0.0669. The molecule has 0 aromatic heterocycles. The van der Waals surface area contributed by atoms with Crippen LogP contribution in [0.25, 0.3) is 0 Å². The molecule has 1 saturated heterocycles. The van der Waals surface area contributed by atoms with Gasteiger partial charge in [-0.25, -0.2) is 4.79 Å². The SMILES string of the molecule is CCN(C)C(=O)N1CCCOC1. The highest BCUT2D eigenvalue weighted by molar-refractivity contribution is 5.73. The lowest BCUT2D eigenvalue weighted by Gasteiger charge is -2.30. The van der Waals surface area contributed by atoms with Gasteiger partial charge in [0.2, 0.25) is 0 Å². The molecule has 0 aliphatic carbocycles. The highest BCUT2D eigenvalue weighted by atomic mass is 16.5. The van der Waals surface area contributed by atoms with Gasteiger partial charge < -0.3 is 14.5 Å². The van der Waals surface area contributed by atoms with Gasteiger partial charge in [-0.15, -0.1) is 0 Å². The van der Waals surface area contributed by atoms with Crippen LogP contribution in [0.2, 0.25) is 0 Å². The Hall–Kier alpha value is -0.770. The number of urea groups is 1. The third-order valence-corrected chi connectivity index (χ3v) is 2.04. The first-order valence-corrected chi connectivity index (χ1v) is 4.33. The molecule has 12 heavy (non-hydrogen) atoms. The number of hydrogen-bond acceptors (Lipinski definition) is 2. The van der Waals surface area contributed by atoms with E-state index in [1.165, 1.54) is 0 Å². The molecule has 0 spiro atoms. The van der Waals surface area contributed by atoms with E-state index in [9.17, 15) is 4.79 Å². The molecule has 1 fully saturated rings. The van der Waals surface area contributed by atoms with E-state index in [2.05, 4.69) is 0 Å². The predicted octanol–water partition coefficient (Wildman–Crippen LogP) is 0.738. The van der Waals surface area contributed by atoms with Crippen LogP contribution in [0.5, 0.6) is 0 Å². The molecular formula is C8H16N2O2. The molecule has 0 aromatic rings. The van der Waals surface area contributed by atoms with Gasteiger partial charge in [-0.2, -0.15) is 0 Å². The highest BCUT2D eigenvalue weighted by Crippen LogP contribution is 2.03. The van der Waals surface area contributed by atoms with Gasteiger partial charge in [0.1, 0.15) is 6.73 Å². The number of ether oxygens (including phenoxy) is 1. The third kappa shape index (κ3) is 2.11. The van der Waals surface area contributed by atoms with Gasteiger partial charge in [0.05, 0.1) is 6.61 Å². The van der Waals surface area contributed by atoms with Gasteiger partial charge >= 0.3 is 6.03 Å². The summed E-state index contributed by atoms with van der Waals surface area (Å²) in [4.78, 5) is 14.9. The van der Waals surface area contributed by atoms with Crippen molar-refractivity contribution < 1.29 is 9.53 Å². The van der Waals surface area contributed by atoms with Crippen LogP contribution in [0.4, 0.5) is 4.79 Å². The Kier molecular flexibility index (Phi) is 3.34. The number of amides is 2. The first-order valence-electron chi connectivity index (χ1n) is 4.33. The molecular weight excluding hydrogens is 156 g/mol. The Bertz CT molecular complexity index is 155. The van der Waals surface area contributed by atoms with Crippen LogP contribution in [-0.2, 0) is 4.74 Å². The summed E-state index contributed by atoms with van der Waals surface area (Å²) in [6.45, 7) is 4.75. The van der Waals surface area contributed by atoms with Gasteiger partial charge in [-0.1, -0.05) is 0 Å². The molecule has 4 nitrogen and oxygen atoms in total. The van der Waals surface area contributed by atoms with Crippen molar-refractivity contribution in [1.82, 2.24) is 9.80 Å². The van der Waals surface area contributed by atoms with E-state index in [1.807, 2.05) is 6.92 Å². The summed E-state index contributed by atoms with van der Waals surface area (Å²) in [5, 5.41) is 0. The maximum absolute atomic E-state index is 11.5. The molecule has 4 heteroatoms. The minimum absolute atomic E-state index is 0.0669. The predicted molar refractivity (Wildman–Crippen MR) is 45.8 cm³/mol. The average Bonchev–Trinajstić information content (AvgIpc) is 2.17. The molecule has 70 valence electrons. The molecule has 1 rings (SSSR count). The zero-order valence-electron chi connectivity index (χ0n) is 7.75. The molecule has 0 atom stereocenters.